The quantitative estimate of drug-likeness (QED) is 0.655. The molecule has 1 aromatic carbocycles. The maximum atomic E-state index is 12.9. The fourth-order valence-electron chi connectivity index (χ4n) is 4.11. The number of benzene rings is 1. The Morgan fingerprint density at radius 3 is 2.81 bits per heavy atom. The number of carbonyl (C=O) groups excluding carboxylic acids is 2. The van der Waals surface area contributed by atoms with Crippen LogP contribution in [0.5, 0.6) is 5.75 Å². The van der Waals surface area contributed by atoms with Crippen molar-refractivity contribution in [2.45, 2.75) is 31.4 Å². The summed E-state index contributed by atoms with van der Waals surface area (Å²) in [6, 6.07) is 9.16. The lowest BCUT2D eigenvalue weighted by molar-refractivity contribution is 0.0187. The molecule has 5 rings (SSSR count). The molecule has 2 aromatic heterocycles. The third-order valence-electron chi connectivity index (χ3n) is 5.83. The van der Waals surface area contributed by atoms with Gasteiger partial charge < -0.3 is 15.4 Å². The molecule has 2 aliphatic heterocycles. The summed E-state index contributed by atoms with van der Waals surface area (Å²) < 4.78 is 6.29. The van der Waals surface area contributed by atoms with Crippen molar-refractivity contribution in [1.29, 1.82) is 0 Å². The largest absolute Gasteiger partial charge is 0.486 e. The minimum absolute atomic E-state index is 0.115. The molecule has 158 valence electrons. The number of ether oxygens (including phenoxy) is 1. The van der Waals surface area contributed by atoms with Gasteiger partial charge in [-0.1, -0.05) is 0 Å². The van der Waals surface area contributed by atoms with Crippen LogP contribution in [0.1, 0.15) is 44.9 Å². The molecule has 1 saturated heterocycles. The fourth-order valence-corrected chi connectivity index (χ4v) is 4.65. The Labute approximate surface area is 183 Å². The van der Waals surface area contributed by atoms with Gasteiger partial charge in [-0.2, -0.15) is 0 Å². The van der Waals surface area contributed by atoms with Crippen LogP contribution < -0.4 is 15.4 Å². The standard InChI is InChI=1S/C23H22N4O3S/c28-20-10-23(5-7-24-8-6-23)30-21-4-2-15(9-18(20)21)19-3-1-16(11-26-19)22(29)27-13-17-12-25-14-31-17/h1-4,9,11-12,14,24H,5-8,10,13H2,(H,27,29). The van der Waals surface area contributed by atoms with E-state index in [4.69, 9.17) is 4.74 Å². The monoisotopic (exact) mass is 434 g/mol. The van der Waals surface area contributed by atoms with E-state index in [9.17, 15) is 9.59 Å². The van der Waals surface area contributed by atoms with E-state index in [2.05, 4.69) is 20.6 Å². The average molecular weight is 435 g/mol. The molecule has 1 amide bonds. The molecular formula is C23H22N4O3S. The van der Waals surface area contributed by atoms with Gasteiger partial charge in [0.1, 0.15) is 11.4 Å². The van der Waals surface area contributed by atoms with Crippen LogP contribution in [0.3, 0.4) is 0 Å². The van der Waals surface area contributed by atoms with Crippen LogP contribution in [-0.2, 0) is 6.54 Å². The number of Topliss-reactive ketones (excluding diaryl/α,β-unsaturated/α-hetero) is 1. The Balaban J connectivity index is 1.31. The van der Waals surface area contributed by atoms with Crippen molar-refractivity contribution in [3.8, 4) is 17.0 Å². The lowest BCUT2D eigenvalue weighted by Crippen LogP contribution is -2.49. The first-order chi connectivity index (χ1) is 15.1. The Morgan fingerprint density at radius 2 is 2.06 bits per heavy atom. The van der Waals surface area contributed by atoms with E-state index < -0.39 is 0 Å². The van der Waals surface area contributed by atoms with Crippen molar-refractivity contribution in [1.82, 2.24) is 20.6 Å². The highest BCUT2D eigenvalue weighted by Gasteiger charge is 2.41. The molecule has 0 aliphatic carbocycles. The second-order valence-corrected chi connectivity index (χ2v) is 8.90. The minimum atomic E-state index is -0.372. The van der Waals surface area contributed by atoms with Gasteiger partial charge in [0.05, 0.1) is 35.3 Å². The number of carbonyl (C=O) groups is 2. The number of ketones is 1. The van der Waals surface area contributed by atoms with Gasteiger partial charge in [-0.15, -0.1) is 11.3 Å². The Morgan fingerprint density at radius 1 is 1.19 bits per heavy atom. The molecule has 2 N–H and O–H groups in total. The lowest BCUT2D eigenvalue weighted by Gasteiger charge is -2.40. The SMILES string of the molecule is O=C(NCc1cncs1)c1ccc(-c2ccc3c(c2)C(=O)CC2(CCNCC2)O3)nc1. The van der Waals surface area contributed by atoms with Crippen LogP contribution in [-0.4, -0.2) is 40.3 Å². The molecule has 1 fully saturated rings. The smallest absolute Gasteiger partial charge is 0.253 e. The summed E-state index contributed by atoms with van der Waals surface area (Å²) in [5.74, 6) is 0.582. The molecule has 0 unspecified atom stereocenters. The Bertz CT molecular complexity index is 1110. The summed E-state index contributed by atoms with van der Waals surface area (Å²) in [6.07, 6.45) is 5.39. The topological polar surface area (TPSA) is 93.2 Å². The number of nitrogens with zero attached hydrogens (tertiary/aromatic N) is 2. The summed E-state index contributed by atoms with van der Waals surface area (Å²) >= 11 is 1.50. The van der Waals surface area contributed by atoms with Gasteiger partial charge in [0, 0.05) is 35.7 Å². The first-order valence-electron chi connectivity index (χ1n) is 10.3. The first-order valence-corrected chi connectivity index (χ1v) is 11.2. The summed E-state index contributed by atoms with van der Waals surface area (Å²) in [4.78, 5) is 34.6. The maximum Gasteiger partial charge on any atom is 0.253 e. The van der Waals surface area contributed by atoms with Gasteiger partial charge in [0.2, 0.25) is 0 Å². The van der Waals surface area contributed by atoms with Crippen molar-refractivity contribution in [2.75, 3.05) is 13.1 Å². The molecule has 0 atom stereocenters. The number of thiazole rings is 1. The van der Waals surface area contributed by atoms with Crippen molar-refractivity contribution in [3.63, 3.8) is 0 Å². The van der Waals surface area contributed by atoms with Crippen molar-refractivity contribution < 1.29 is 14.3 Å². The van der Waals surface area contributed by atoms with Crippen LogP contribution in [0, 0.1) is 0 Å². The molecule has 31 heavy (non-hydrogen) atoms. The van der Waals surface area contributed by atoms with E-state index in [-0.39, 0.29) is 17.3 Å². The number of aromatic nitrogens is 2. The minimum Gasteiger partial charge on any atom is -0.486 e. The summed E-state index contributed by atoms with van der Waals surface area (Å²) in [5, 5.41) is 6.18. The number of piperidine rings is 1. The number of fused-ring (bicyclic) bond motifs is 1. The predicted octanol–water partition coefficient (Wildman–Crippen LogP) is 3.22. The third-order valence-corrected chi connectivity index (χ3v) is 6.61. The summed E-state index contributed by atoms with van der Waals surface area (Å²) in [5.41, 5.74) is 3.99. The Hall–Kier alpha value is -3.10. The molecule has 8 heteroatoms. The van der Waals surface area contributed by atoms with Crippen molar-refractivity contribution in [2.24, 2.45) is 0 Å². The number of hydrogen-bond donors (Lipinski definition) is 2. The van der Waals surface area contributed by atoms with Crippen molar-refractivity contribution >= 4 is 23.0 Å². The molecule has 1 spiro atoms. The fraction of sp³-hybridized carbons (Fsp3) is 0.304. The molecular weight excluding hydrogens is 412 g/mol. The second-order valence-electron chi connectivity index (χ2n) is 7.93. The van der Waals surface area contributed by atoms with Crippen LogP contribution in [0.2, 0.25) is 0 Å². The van der Waals surface area contributed by atoms with Crippen molar-refractivity contribution in [3.05, 3.63) is 64.2 Å². The normalized spacial score (nSPS) is 17.1. The van der Waals surface area contributed by atoms with Crippen LogP contribution in [0.15, 0.2) is 48.2 Å². The zero-order chi connectivity index (χ0) is 21.3. The van der Waals surface area contributed by atoms with E-state index >= 15 is 0 Å². The summed E-state index contributed by atoms with van der Waals surface area (Å²) in [6.45, 7) is 2.18. The number of rotatable bonds is 4. The average Bonchev–Trinajstić information content (AvgIpc) is 3.32. The number of pyridine rings is 1. The van der Waals surface area contributed by atoms with E-state index in [1.807, 2.05) is 18.2 Å². The van der Waals surface area contributed by atoms with Gasteiger partial charge in [0.15, 0.2) is 5.78 Å². The molecule has 0 radical (unpaired) electrons. The molecule has 0 saturated carbocycles. The van der Waals surface area contributed by atoms with E-state index in [1.165, 1.54) is 11.3 Å². The third kappa shape index (κ3) is 4.08. The van der Waals surface area contributed by atoms with E-state index in [1.54, 1.807) is 30.0 Å². The first kappa shape index (κ1) is 19.8. The van der Waals surface area contributed by atoms with Gasteiger partial charge in [-0.3, -0.25) is 19.6 Å². The second kappa shape index (κ2) is 8.20. The Kier molecular flexibility index (Phi) is 5.25. The summed E-state index contributed by atoms with van der Waals surface area (Å²) in [7, 11) is 0. The maximum absolute atomic E-state index is 12.9. The highest BCUT2D eigenvalue weighted by Crippen LogP contribution is 2.39. The van der Waals surface area contributed by atoms with Gasteiger partial charge in [0.25, 0.3) is 5.91 Å². The number of hydrogen-bond acceptors (Lipinski definition) is 7. The highest BCUT2D eigenvalue weighted by atomic mass is 32.1. The van der Waals surface area contributed by atoms with Gasteiger partial charge in [-0.25, -0.2) is 0 Å². The number of nitrogens with one attached hydrogen (secondary N) is 2. The molecule has 0 bridgehead atoms. The van der Waals surface area contributed by atoms with Gasteiger partial charge >= 0.3 is 0 Å². The molecule has 3 aromatic rings. The molecule has 4 heterocycles. The molecule has 2 aliphatic rings. The lowest BCUT2D eigenvalue weighted by atomic mass is 9.82. The predicted molar refractivity (Wildman–Crippen MR) is 117 cm³/mol. The van der Waals surface area contributed by atoms with Crippen LogP contribution in [0.4, 0.5) is 0 Å². The van der Waals surface area contributed by atoms with Crippen LogP contribution in [0.25, 0.3) is 11.3 Å². The zero-order valence-corrected chi connectivity index (χ0v) is 17.7. The number of amides is 1. The van der Waals surface area contributed by atoms with E-state index in [0.717, 1.165) is 36.4 Å². The zero-order valence-electron chi connectivity index (χ0n) is 16.9. The highest BCUT2D eigenvalue weighted by molar-refractivity contribution is 7.09. The van der Waals surface area contributed by atoms with Gasteiger partial charge in [-0.05, 0) is 43.4 Å². The van der Waals surface area contributed by atoms with E-state index in [0.29, 0.717) is 35.5 Å². The van der Waals surface area contributed by atoms with Crippen LogP contribution >= 0.6 is 11.3 Å². The molecule has 7 nitrogen and oxygen atoms in total.